The average Bonchev–Trinajstić information content (AvgIpc) is 3.02. The van der Waals surface area contributed by atoms with Crippen molar-refractivity contribution >= 4 is 58.2 Å². The van der Waals surface area contributed by atoms with E-state index in [9.17, 15) is 14.4 Å². The molecule has 0 bridgehead atoms. The highest BCUT2D eigenvalue weighted by atomic mass is 35.5. The van der Waals surface area contributed by atoms with Gasteiger partial charge in [-0.2, -0.15) is 0 Å². The van der Waals surface area contributed by atoms with Gasteiger partial charge in [0, 0.05) is 33.9 Å². The molecule has 2 N–H and O–H groups in total. The molecule has 0 unspecified atom stereocenters. The molecule has 1 fully saturated rings. The molecule has 2 aromatic carbocycles. The van der Waals surface area contributed by atoms with E-state index < -0.39 is 11.8 Å². The summed E-state index contributed by atoms with van der Waals surface area (Å²) in [5, 5.41) is 6.66. The standard InChI is InChI=1S/C24H22Cl3N3O3/c25-16-9-6-15(19(26)12-16)13-28-22(31)14-7-10-17(11-8-14)29-21-20(27)23(32)30(24(21)33)18-4-2-1-3-5-18/h6-12,18,29H,1-5,13H2,(H,28,31). The molecule has 1 heterocycles. The average molecular weight is 507 g/mol. The number of nitrogens with zero attached hydrogens (tertiary/aromatic N) is 1. The molecule has 0 aromatic heterocycles. The number of carbonyl (C=O) groups is 3. The van der Waals surface area contributed by atoms with Crippen molar-refractivity contribution in [3.05, 3.63) is 74.4 Å². The predicted octanol–water partition coefficient (Wildman–Crippen LogP) is 5.49. The van der Waals surface area contributed by atoms with Crippen LogP contribution in [-0.4, -0.2) is 28.7 Å². The SMILES string of the molecule is O=C(NCc1ccc(Cl)cc1Cl)c1ccc(NC2=C(Cl)C(=O)N(C3CCCCC3)C2=O)cc1. The summed E-state index contributed by atoms with van der Waals surface area (Å²) in [6, 6.07) is 11.5. The van der Waals surface area contributed by atoms with E-state index in [0.29, 0.717) is 21.3 Å². The number of halogens is 3. The quantitative estimate of drug-likeness (QED) is 0.508. The first-order valence-electron chi connectivity index (χ1n) is 10.7. The number of rotatable bonds is 6. The van der Waals surface area contributed by atoms with Crippen molar-refractivity contribution in [1.82, 2.24) is 10.2 Å². The fraction of sp³-hybridized carbons (Fsp3) is 0.292. The Kier molecular flexibility index (Phi) is 7.27. The van der Waals surface area contributed by atoms with E-state index in [1.165, 1.54) is 4.90 Å². The van der Waals surface area contributed by atoms with Crippen molar-refractivity contribution in [2.75, 3.05) is 5.32 Å². The van der Waals surface area contributed by atoms with Gasteiger partial charge in [-0.05, 0) is 54.8 Å². The van der Waals surface area contributed by atoms with E-state index in [1.807, 2.05) is 0 Å². The Balaban J connectivity index is 1.39. The number of hydrogen-bond donors (Lipinski definition) is 2. The van der Waals surface area contributed by atoms with Crippen molar-refractivity contribution in [2.45, 2.75) is 44.7 Å². The monoisotopic (exact) mass is 505 g/mol. The van der Waals surface area contributed by atoms with Gasteiger partial charge >= 0.3 is 0 Å². The highest BCUT2D eigenvalue weighted by Crippen LogP contribution is 2.32. The van der Waals surface area contributed by atoms with Crippen molar-refractivity contribution < 1.29 is 14.4 Å². The minimum atomic E-state index is -0.451. The largest absolute Gasteiger partial charge is 0.350 e. The van der Waals surface area contributed by atoms with Gasteiger partial charge in [0.05, 0.1) is 0 Å². The summed E-state index contributed by atoms with van der Waals surface area (Å²) < 4.78 is 0. The molecule has 2 aliphatic rings. The molecule has 0 spiro atoms. The first kappa shape index (κ1) is 23.6. The number of amides is 3. The molecule has 0 radical (unpaired) electrons. The van der Waals surface area contributed by atoms with Crippen molar-refractivity contribution in [3.63, 3.8) is 0 Å². The van der Waals surface area contributed by atoms with E-state index in [2.05, 4.69) is 10.6 Å². The van der Waals surface area contributed by atoms with Gasteiger partial charge in [-0.15, -0.1) is 0 Å². The Hall–Kier alpha value is -2.54. The third-order valence-corrected chi connectivity index (χ3v) is 6.81. The highest BCUT2D eigenvalue weighted by Gasteiger charge is 2.42. The van der Waals surface area contributed by atoms with Gasteiger partial charge in [0.1, 0.15) is 10.7 Å². The maximum atomic E-state index is 12.9. The summed E-state index contributed by atoms with van der Waals surface area (Å²) >= 11 is 18.2. The van der Waals surface area contributed by atoms with Crippen LogP contribution in [0.5, 0.6) is 0 Å². The smallest absolute Gasteiger partial charge is 0.279 e. The molecular formula is C24H22Cl3N3O3. The van der Waals surface area contributed by atoms with Crippen LogP contribution in [0.25, 0.3) is 0 Å². The topological polar surface area (TPSA) is 78.5 Å². The lowest BCUT2D eigenvalue weighted by Crippen LogP contribution is -2.42. The second-order valence-electron chi connectivity index (χ2n) is 8.08. The Morgan fingerprint density at radius 1 is 0.939 bits per heavy atom. The number of benzene rings is 2. The van der Waals surface area contributed by atoms with Crippen LogP contribution in [-0.2, 0) is 16.1 Å². The Labute approximate surface area is 206 Å². The lowest BCUT2D eigenvalue weighted by Gasteiger charge is -2.29. The second-order valence-corrected chi connectivity index (χ2v) is 9.30. The summed E-state index contributed by atoms with van der Waals surface area (Å²) in [5.74, 6) is -1.13. The van der Waals surface area contributed by atoms with Crippen LogP contribution in [0.15, 0.2) is 53.2 Å². The van der Waals surface area contributed by atoms with Crippen LogP contribution < -0.4 is 10.6 Å². The Morgan fingerprint density at radius 3 is 2.30 bits per heavy atom. The van der Waals surface area contributed by atoms with Crippen molar-refractivity contribution in [1.29, 1.82) is 0 Å². The number of carbonyl (C=O) groups excluding carboxylic acids is 3. The van der Waals surface area contributed by atoms with Crippen LogP contribution in [0.2, 0.25) is 10.0 Å². The summed E-state index contributed by atoms with van der Waals surface area (Å²) in [7, 11) is 0. The van der Waals surface area contributed by atoms with E-state index in [-0.39, 0.29) is 29.2 Å². The molecule has 9 heteroatoms. The van der Waals surface area contributed by atoms with Gasteiger partial charge in [0.25, 0.3) is 17.7 Å². The van der Waals surface area contributed by atoms with E-state index in [4.69, 9.17) is 34.8 Å². The van der Waals surface area contributed by atoms with Gasteiger partial charge in [-0.25, -0.2) is 0 Å². The van der Waals surface area contributed by atoms with Crippen molar-refractivity contribution in [2.24, 2.45) is 0 Å². The van der Waals surface area contributed by atoms with Crippen LogP contribution >= 0.6 is 34.8 Å². The number of anilines is 1. The van der Waals surface area contributed by atoms with Gasteiger partial charge in [-0.1, -0.05) is 60.1 Å². The van der Waals surface area contributed by atoms with Gasteiger partial charge in [-0.3, -0.25) is 19.3 Å². The number of nitrogens with one attached hydrogen (secondary N) is 2. The Morgan fingerprint density at radius 2 is 1.64 bits per heavy atom. The van der Waals surface area contributed by atoms with E-state index in [0.717, 1.165) is 37.7 Å². The normalized spacial score (nSPS) is 17.0. The lowest BCUT2D eigenvalue weighted by atomic mass is 9.94. The molecule has 1 aliphatic carbocycles. The molecule has 2 aromatic rings. The molecule has 33 heavy (non-hydrogen) atoms. The summed E-state index contributed by atoms with van der Waals surface area (Å²) in [5.41, 5.74) is 1.80. The molecular weight excluding hydrogens is 485 g/mol. The summed E-state index contributed by atoms with van der Waals surface area (Å²) in [4.78, 5) is 39.3. The van der Waals surface area contributed by atoms with E-state index >= 15 is 0 Å². The lowest BCUT2D eigenvalue weighted by molar-refractivity contribution is -0.140. The first-order valence-corrected chi connectivity index (χ1v) is 11.9. The van der Waals surface area contributed by atoms with Gasteiger partial charge in [0.2, 0.25) is 0 Å². The number of imide groups is 1. The van der Waals surface area contributed by atoms with Crippen LogP contribution in [0, 0.1) is 0 Å². The maximum absolute atomic E-state index is 12.9. The van der Waals surface area contributed by atoms with E-state index in [1.54, 1.807) is 42.5 Å². The van der Waals surface area contributed by atoms with Crippen LogP contribution in [0.3, 0.4) is 0 Å². The Bertz CT molecular complexity index is 1130. The molecule has 6 nitrogen and oxygen atoms in total. The fourth-order valence-electron chi connectivity index (χ4n) is 4.09. The summed E-state index contributed by atoms with van der Waals surface area (Å²) in [6.45, 7) is 0.255. The molecule has 1 saturated carbocycles. The molecule has 4 rings (SSSR count). The molecule has 0 atom stereocenters. The molecule has 172 valence electrons. The molecule has 1 aliphatic heterocycles. The fourth-order valence-corrected chi connectivity index (χ4v) is 4.78. The maximum Gasteiger partial charge on any atom is 0.279 e. The van der Waals surface area contributed by atoms with Crippen LogP contribution in [0.1, 0.15) is 48.0 Å². The number of hydrogen-bond acceptors (Lipinski definition) is 4. The second kappa shape index (κ2) is 10.2. The van der Waals surface area contributed by atoms with Gasteiger partial charge in [0.15, 0.2) is 0 Å². The van der Waals surface area contributed by atoms with Crippen LogP contribution in [0.4, 0.5) is 5.69 Å². The summed E-state index contributed by atoms with van der Waals surface area (Å²) in [6.07, 6.45) is 4.72. The van der Waals surface area contributed by atoms with Crippen molar-refractivity contribution in [3.8, 4) is 0 Å². The molecule has 3 amide bonds. The zero-order valence-electron chi connectivity index (χ0n) is 17.7. The third kappa shape index (κ3) is 5.18. The minimum Gasteiger partial charge on any atom is -0.350 e. The highest BCUT2D eigenvalue weighted by molar-refractivity contribution is 6.48. The minimum absolute atomic E-state index is 0.0711. The third-order valence-electron chi connectivity index (χ3n) is 5.87. The molecule has 0 saturated heterocycles. The zero-order valence-corrected chi connectivity index (χ0v) is 19.9. The van der Waals surface area contributed by atoms with Gasteiger partial charge < -0.3 is 10.6 Å². The zero-order chi connectivity index (χ0) is 23.5. The first-order chi connectivity index (χ1) is 15.8. The predicted molar refractivity (Wildman–Crippen MR) is 129 cm³/mol.